The molecule has 1 atom stereocenters. The van der Waals surface area contributed by atoms with Gasteiger partial charge in [0, 0.05) is 9.75 Å². The van der Waals surface area contributed by atoms with Crippen LogP contribution in [-0.4, -0.2) is 5.11 Å². The van der Waals surface area contributed by atoms with Crippen LogP contribution in [0.2, 0.25) is 0 Å². The Balaban J connectivity index is 1.75. The van der Waals surface area contributed by atoms with Crippen molar-refractivity contribution < 1.29 is 5.11 Å². The third-order valence-electron chi connectivity index (χ3n) is 3.58. The first-order valence-electron chi connectivity index (χ1n) is 7.09. The standard InChI is InChI=1S/C19H18OS/c1-14-7-12-18(21-14)19(20)17-10-8-16(9-11-17)13-15-5-3-2-4-6-15/h2-12,19-20H,13H2,1H3. The fourth-order valence-electron chi connectivity index (χ4n) is 2.41. The van der Waals surface area contributed by atoms with E-state index in [4.69, 9.17) is 0 Å². The Kier molecular flexibility index (Phi) is 4.18. The molecule has 0 radical (unpaired) electrons. The van der Waals surface area contributed by atoms with Gasteiger partial charge < -0.3 is 5.11 Å². The van der Waals surface area contributed by atoms with Gasteiger partial charge in [0.25, 0.3) is 0 Å². The average Bonchev–Trinajstić information content (AvgIpc) is 2.95. The predicted octanol–water partition coefficient (Wildman–Crippen LogP) is 4.73. The van der Waals surface area contributed by atoms with E-state index < -0.39 is 6.10 Å². The molecule has 3 rings (SSSR count). The highest BCUT2D eigenvalue weighted by molar-refractivity contribution is 7.12. The highest BCUT2D eigenvalue weighted by atomic mass is 32.1. The van der Waals surface area contributed by atoms with Crippen LogP contribution >= 0.6 is 11.3 Å². The van der Waals surface area contributed by atoms with Gasteiger partial charge in [-0.25, -0.2) is 0 Å². The lowest BCUT2D eigenvalue weighted by Crippen LogP contribution is -1.97. The summed E-state index contributed by atoms with van der Waals surface area (Å²) < 4.78 is 0. The summed E-state index contributed by atoms with van der Waals surface area (Å²) in [6, 6.07) is 22.7. The second-order valence-electron chi connectivity index (χ2n) is 5.25. The minimum absolute atomic E-state index is 0.519. The van der Waals surface area contributed by atoms with Crippen molar-refractivity contribution in [1.82, 2.24) is 0 Å². The average molecular weight is 294 g/mol. The quantitative estimate of drug-likeness (QED) is 0.737. The smallest absolute Gasteiger partial charge is 0.113 e. The molecule has 1 aromatic heterocycles. The first-order chi connectivity index (χ1) is 10.2. The molecule has 2 heteroatoms. The molecule has 0 amide bonds. The minimum Gasteiger partial charge on any atom is -0.383 e. The Morgan fingerprint density at radius 2 is 1.52 bits per heavy atom. The molecule has 2 aromatic carbocycles. The number of aryl methyl sites for hydroxylation is 1. The Morgan fingerprint density at radius 1 is 0.857 bits per heavy atom. The zero-order chi connectivity index (χ0) is 14.7. The van der Waals surface area contributed by atoms with Crippen LogP contribution in [-0.2, 0) is 6.42 Å². The lowest BCUT2D eigenvalue weighted by molar-refractivity contribution is 0.224. The van der Waals surface area contributed by atoms with Crippen molar-refractivity contribution in [3.63, 3.8) is 0 Å². The van der Waals surface area contributed by atoms with E-state index in [1.807, 2.05) is 30.3 Å². The van der Waals surface area contributed by atoms with Gasteiger partial charge >= 0.3 is 0 Å². The van der Waals surface area contributed by atoms with Crippen molar-refractivity contribution in [1.29, 1.82) is 0 Å². The van der Waals surface area contributed by atoms with Gasteiger partial charge in [-0.15, -0.1) is 11.3 Å². The Hall–Kier alpha value is -1.90. The third kappa shape index (κ3) is 3.41. The maximum absolute atomic E-state index is 10.4. The molecular formula is C19H18OS. The van der Waals surface area contributed by atoms with E-state index in [-0.39, 0.29) is 0 Å². The molecule has 0 aliphatic rings. The number of benzene rings is 2. The summed E-state index contributed by atoms with van der Waals surface area (Å²) >= 11 is 1.65. The van der Waals surface area contributed by atoms with E-state index >= 15 is 0 Å². The summed E-state index contributed by atoms with van der Waals surface area (Å²) in [5.41, 5.74) is 3.52. The van der Waals surface area contributed by atoms with Crippen molar-refractivity contribution in [3.05, 3.63) is 93.2 Å². The van der Waals surface area contributed by atoms with Gasteiger partial charge in [-0.2, -0.15) is 0 Å². The van der Waals surface area contributed by atoms with Crippen LogP contribution < -0.4 is 0 Å². The van der Waals surface area contributed by atoms with E-state index in [0.717, 1.165) is 16.9 Å². The molecular weight excluding hydrogens is 276 g/mol. The maximum Gasteiger partial charge on any atom is 0.113 e. The number of aliphatic hydroxyl groups excluding tert-OH is 1. The Bertz CT molecular complexity index is 698. The molecule has 0 aliphatic heterocycles. The summed E-state index contributed by atoms with van der Waals surface area (Å²) in [6.45, 7) is 2.06. The normalized spacial score (nSPS) is 12.3. The molecule has 0 fully saturated rings. The number of aliphatic hydroxyl groups is 1. The number of rotatable bonds is 4. The van der Waals surface area contributed by atoms with Gasteiger partial charge in [-0.05, 0) is 42.2 Å². The van der Waals surface area contributed by atoms with E-state index in [1.165, 1.54) is 16.0 Å². The summed E-state index contributed by atoms with van der Waals surface area (Å²) in [4.78, 5) is 2.23. The summed E-state index contributed by atoms with van der Waals surface area (Å²) in [5, 5.41) is 10.4. The van der Waals surface area contributed by atoms with E-state index in [2.05, 4.69) is 43.3 Å². The van der Waals surface area contributed by atoms with Crippen LogP contribution in [0.5, 0.6) is 0 Å². The zero-order valence-electron chi connectivity index (χ0n) is 12.0. The molecule has 0 saturated heterocycles. The van der Waals surface area contributed by atoms with Gasteiger partial charge in [-0.3, -0.25) is 0 Å². The van der Waals surface area contributed by atoms with Gasteiger partial charge in [-0.1, -0.05) is 54.6 Å². The van der Waals surface area contributed by atoms with E-state index in [0.29, 0.717) is 0 Å². The SMILES string of the molecule is Cc1ccc(C(O)c2ccc(Cc3ccccc3)cc2)s1. The summed E-state index contributed by atoms with van der Waals surface area (Å²) in [6.07, 6.45) is 0.407. The largest absolute Gasteiger partial charge is 0.383 e. The van der Waals surface area contributed by atoms with Crippen LogP contribution in [0.4, 0.5) is 0 Å². The van der Waals surface area contributed by atoms with Crippen LogP contribution in [0.3, 0.4) is 0 Å². The van der Waals surface area contributed by atoms with Gasteiger partial charge in [0.05, 0.1) is 0 Å². The number of hydrogen-bond acceptors (Lipinski definition) is 2. The molecule has 1 heterocycles. The maximum atomic E-state index is 10.4. The monoisotopic (exact) mass is 294 g/mol. The highest BCUT2D eigenvalue weighted by Gasteiger charge is 2.12. The van der Waals surface area contributed by atoms with Gasteiger partial charge in [0.1, 0.15) is 6.10 Å². The molecule has 106 valence electrons. The molecule has 3 aromatic rings. The lowest BCUT2D eigenvalue weighted by Gasteiger charge is -2.10. The van der Waals surface area contributed by atoms with Crippen LogP contribution in [0, 0.1) is 6.92 Å². The second kappa shape index (κ2) is 6.25. The molecule has 0 aliphatic carbocycles. The van der Waals surface area contributed by atoms with Crippen molar-refractivity contribution in [3.8, 4) is 0 Å². The van der Waals surface area contributed by atoms with Crippen LogP contribution in [0.15, 0.2) is 66.7 Å². The lowest BCUT2D eigenvalue weighted by atomic mass is 10.0. The van der Waals surface area contributed by atoms with Crippen LogP contribution in [0.25, 0.3) is 0 Å². The second-order valence-corrected chi connectivity index (χ2v) is 6.57. The topological polar surface area (TPSA) is 20.2 Å². The number of thiophene rings is 1. The summed E-state index contributed by atoms with van der Waals surface area (Å²) in [7, 11) is 0. The van der Waals surface area contributed by atoms with Gasteiger partial charge in [0.2, 0.25) is 0 Å². The van der Waals surface area contributed by atoms with Crippen LogP contribution in [0.1, 0.15) is 32.5 Å². The molecule has 1 unspecified atom stereocenters. The third-order valence-corrected chi connectivity index (χ3v) is 4.63. The fraction of sp³-hybridized carbons (Fsp3) is 0.158. The molecule has 0 bridgehead atoms. The fourth-order valence-corrected chi connectivity index (χ4v) is 3.31. The van der Waals surface area contributed by atoms with Crippen molar-refractivity contribution in [2.24, 2.45) is 0 Å². The molecule has 1 nitrogen and oxygen atoms in total. The summed E-state index contributed by atoms with van der Waals surface area (Å²) in [5.74, 6) is 0. The molecule has 21 heavy (non-hydrogen) atoms. The molecule has 0 saturated carbocycles. The first kappa shape index (κ1) is 14.1. The Labute approximate surface area is 129 Å². The highest BCUT2D eigenvalue weighted by Crippen LogP contribution is 2.28. The van der Waals surface area contributed by atoms with E-state index in [1.54, 1.807) is 11.3 Å². The Morgan fingerprint density at radius 3 is 2.14 bits per heavy atom. The molecule has 1 N–H and O–H groups in total. The predicted molar refractivity (Wildman–Crippen MR) is 88.8 cm³/mol. The zero-order valence-corrected chi connectivity index (χ0v) is 12.8. The van der Waals surface area contributed by atoms with Crippen molar-refractivity contribution in [2.75, 3.05) is 0 Å². The van der Waals surface area contributed by atoms with Crippen molar-refractivity contribution >= 4 is 11.3 Å². The first-order valence-corrected chi connectivity index (χ1v) is 7.91. The van der Waals surface area contributed by atoms with Gasteiger partial charge in [0.15, 0.2) is 0 Å². The van der Waals surface area contributed by atoms with Crippen molar-refractivity contribution in [2.45, 2.75) is 19.4 Å². The molecule has 0 spiro atoms. The minimum atomic E-state index is -0.519. The van der Waals surface area contributed by atoms with E-state index in [9.17, 15) is 5.11 Å². The number of hydrogen-bond donors (Lipinski definition) is 1.